The molecular weight excluding hydrogens is 459 g/mol. The fourth-order valence-electron chi connectivity index (χ4n) is 3.94. The van der Waals surface area contributed by atoms with Crippen LogP contribution in [-0.2, 0) is 16.0 Å². The molecule has 2 amide bonds. The number of likely N-dealkylation sites (N-methyl/N-ethyl adjacent to an activating group) is 1. The van der Waals surface area contributed by atoms with Gasteiger partial charge in [0.05, 0.1) is 34.4 Å². The van der Waals surface area contributed by atoms with Gasteiger partial charge in [0.1, 0.15) is 0 Å². The third-order valence-electron chi connectivity index (χ3n) is 5.66. The molecule has 33 heavy (non-hydrogen) atoms. The molecular formula is C25H28Cl2N4O2. The Morgan fingerprint density at radius 2 is 1.64 bits per heavy atom. The molecule has 0 aliphatic rings. The zero-order valence-corrected chi connectivity index (χ0v) is 21.2. The number of halogens is 2. The van der Waals surface area contributed by atoms with E-state index in [2.05, 4.69) is 10.4 Å². The minimum atomic E-state index is -0.235. The predicted molar refractivity (Wildman–Crippen MR) is 134 cm³/mol. The van der Waals surface area contributed by atoms with Crippen molar-refractivity contribution in [3.8, 4) is 5.69 Å². The van der Waals surface area contributed by atoms with E-state index in [4.69, 9.17) is 23.2 Å². The van der Waals surface area contributed by atoms with Crippen LogP contribution in [0.3, 0.4) is 0 Å². The molecule has 0 saturated heterocycles. The molecule has 0 spiro atoms. The molecule has 0 atom stereocenters. The Kier molecular flexibility index (Phi) is 7.50. The molecule has 1 N–H and O–H groups in total. The van der Waals surface area contributed by atoms with Gasteiger partial charge in [-0.05, 0) is 63.9 Å². The predicted octanol–water partition coefficient (Wildman–Crippen LogP) is 5.36. The first kappa shape index (κ1) is 24.8. The Morgan fingerprint density at radius 3 is 2.24 bits per heavy atom. The van der Waals surface area contributed by atoms with Crippen LogP contribution >= 0.6 is 23.2 Å². The maximum Gasteiger partial charge on any atom is 0.243 e. The Bertz CT molecular complexity index is 1210. The van der Waals surface area contributed by atoms with Crippen molar-refractivity contribution >= 4 is 40.7 Å². The maximum absolute atomic E-state index is 12.9. The first-order valence-electron chi connectivity index (χ1n) is 10.6. The fourth-order valence-corrected chi connectivity index (χ4v) is 4.24. The summed E-state index contributed by atoms with van der Waals surface area (Å²) in [7, 11) is 1.63. The molecule has 3 aromatic rings. The number of anilines is 1. The van der Waals surface area contributed by atoms with Crippen molar-refractivity contribution in [3.05, 3.63) is 74.0 Å². The summed E-state index contributed by atoms with van der Waals surface area (Å²) in [5.74, 6) is -0.400. The lowest BCUT2D eigenvalue weighted by molar-refractivity contribution is -0.132. The maximum atomic E-state index is 12.9. The van der Waals surface area contributed by atoms with Gasteiger partial charge in [-0.3, -0.25) is 9.59 Å². The van der Waals surface area contributed by atoms with Crippen LogP contribution in [0.15, 0.2) is 30.3 Å². The van der Waals surface area contributed by atoms with E-state index >= 15 is 0 Å². The summed E-state index contributed by atoms with van der Waals surface area (Å²) in [6.07, 6.45) is 0.144. The molecule has 0 fully saturated rings. The van der Waals surface area contributed by atoms with Gasteiger partial charge in [0.25, 0.3) is 0 Å². The highest BCUT2D eigenvalue weighted by Gasteiger charge is 2.20. The zero-order valence-electron chi connectivity index (χ0n) is 19.7. The standard InChI is InChI=1S/C25H28Cl2N4O2/c1-14-9-15(2)25(16(3)10-14)28-23(32)13-30(6)24(33)12-20-17(4)29-31(18(20)5)19-7-8-21(26)22(27)11-19/h7-11H,12-13H2,1-6H3,(H,28,32). The number of rotatable bonds is 6. The molecule has 3 rings (SSSR count). The van der Waals surface area contributed by atoms with Crippen molar-refractivity contribution in [3.63, 3.8) is 0 Å². The average Bonchev–Trinajstić information content (AvgIpc) is 3.00. The Labute approximate surface area is 204 Å². The Balaban J connectivity index is 1.70. The third-order valence-corrected chi connectivity index (χ3v) is 6.40. The van der Waals surface area contributed by atoms with E-state index in [1.54, 1.807) is 23.9 Å². The number of nitrogens with zero attached hydrogens (tertiary/aromatic N) is 3. The van der Waals surface area contributed by atoms with Crippen molar-refractivity contribution in [2.24, 2.45) is 0 Å². The number of benzene rings is 2. The van der Waals surface area contributed by atoms with Crippen LogP contribution in [0.5, 0.6) is 0 Å². The summed E-state index contributed by atoms with van der Waals surface area (Å²) in [4.78, 5) is 26.9. The molecule has 6 nitrogen and oxygen atoms in total. The van der Waals surface area contributed by atoms with E-state index in [1.165, 1.54) is 4.90 Å². The van der Waals surface area contributed by atoms with E-state index < -0.39 is 0 Å². The lowest BCUT2D eigenvalue weighted by atomic mass is 10.1. The largest absolute Gasteiger partial charge is 0.336 e. The first-order chi connectivity index (χ1) is 15.5. The average molecular weight is 487 g/mol. The quantitative estimate of drug-likeness (QED) is 0.509. The third kappa shape index (κ3) is 5.57. The van der Waals surface area contributed by atoms with Crippen LogP contribution in [0.1, 0.15) is 33.6 Å². The van der Waals surface area contributed by atoms with Crippen LogP contribution in [0.25, 0.3) is 5.69 Å². The Hall–Kier alpha value is -2.83. The van der Waals surface area contributed by atoms with E-state index in [9.17, 15) is 9.59 Å². The van der Waals surface area contributed by atoms with Gasteiger partial charge in [0, 0.05) is 24.0 Å². The molecule has 1 heterocycles. The summed E-state index contributed by atoms with van der Waals surface area (Å²) in [6.45, 7) is 9.67. The van der Waals surface area contributed by atoms with E-state index in [0.29, 0.717) is 10.0 Å². The monoisotopic (exact) mass is 486 g/mol. The minimum absolute atomic E-state index is 0.0371. The second kappa shape index (κ2) is 9.98. The minimum Gasteiger partial charge on any atom is -0.336 e. The van der Waals surface area contributed by atoms with Crippen molar-refractivity contribution in [2.75, 3.05) is 18.9 Å². The number of aryl methyl sites for hydroxylation is 4. The van der Waals surface area contributed by atoms with Gasteiger partial charge >= 0.3 is 0 Å². The number of carbonyl (C=O) groups excluding carboxylic acids is 2. The van der Waals surface area contributed by atoms with Gasteiger partial charge in [-0.25, -0.2) is 4.68 Å². The lowest BCUT2D eigenvalue weighted by Crippen LogP contribution is -2.36. The lowest BCUT2D eigenvalue weighted by Gasteiger charge is -2.18. The molecule has 174 valence electrons. The van der Waals surface area contributed by atoms with Crippen LogP contribution in [0.2, 0.25) is 10.0 Å². The zero-order chi connectivity index (χ0) is 24.4. The van der Waals surface area contributed by atoms with Gasteiger partial charge in [-0.15, -0.1) is 0 Å². The molecule has 2 aromatic carbocycles. The SMILES string of the molecule is Cc1cc(C)c(NC(=O)CN(C)C(=O)Cc2c(C)nn(-c3ccc(Cl)c(Cl)c3)c2C)c(C)c1. The van der Waals surface area contributed by atoms with E-state index in [-0.39, 0.29) is 24.8 Å². The number of aromatic nitrogens is 2. The van der Waals surface area contributed by atoms with Crippen molar-refractivity contribution in [1.29, 1.82) is 0 Å². The van der Waals surface area contributed by atoms with Gasteiger partial charge < -0.3 is 10.2 Å². The van der Waals surface area contributed by atoms with E-state index in [1.807, 2.05) is 52.8 Å². The topological polar surface area (TPSA) is 67.2 Å². The van der Waals surface area contributed by atoms with Crippen LogP contribution in [0.4, 0.5) is 5.69 Å². The second-order valence-electron chi connectivity index (χ2n) is 8.41. The Morgan fingerprint density at radius 1 is 1.00 bits per heavy atom. The van der Waals surface area contributed by atoms with Crippen molar-refractivity contribution in [2.45, 2.75) is 41.0 Å². The highest BCUT2D eigenvalue weighted by molar-refractivity contribution is 6.42. The number of hydrogen-bond donors (Lipinski definition) is 1. The van der Waals surface area contributed by atoms with Gasteiger partial charge in [0.2, 0.25) is 11.8 Å². The highest BCUT2D eigenvalue weighted by Crippen LogP contribution is 2.26. The number of hydrogen-bond acceptors (Lipinski definition) is 3. The highest BCUT2D eigenvalue weighted by atomic mass is 35.5. The summed E-state index contributed by atoms with van der Waals surface area (Å²) in [5, 5.41) is 8.41. The normalized spacial score (nSPS) is 10.9. The molecule has 0 saturated carbocycles. The summed E-state index contributed by atoms with van der Waals surface area (Å²) in [6, 6.07) is 9.32. The first-order valence-corrected chi connectivity index (χ1v) is 11.4. The van der Waals surface area contributed by atoms with Crippen LogP contribution in [0, 0.1) is 34.6 Å². The summed E-state index contributed by atoms with van der Waals surface area (Å²) in [5.41, 5.74) is 7.09. The summed E-state index contributed by atoms with van der Waals surface area (Å²) >= 11 is 12.2. The molecule has 0 radical (unpaired) electrons. The number of amides is 2. The smallest absolute Gasteiger partial charge is 0.243 e. The molecule has 8 heteroatoms. The molecule has 0 bridgehead atoms. The number of nitrogens with one attached hydrogen (secondary N) is 1. The fraction of sp³-hybridized carbons (Fsp3) is 0.320. The van der Waals surface area contributed by atoms with Crippen molar-refractivity contribution in [1.82, 2.24) is 14.7 Å². The van der Waals surface area contributed by atoms with E-state index in [0.717, 1.165) is 45.0 Å². The van der Waals surface area contributed by atoms with Crippen LogP contribution in [-0.4, -0.2) is 40.1 Å². The van der Waals surface area contributed by atoms with Gasteiger partial charge in [-0.2, -0.15) is 5.10 Å². The van der Waals surface area contributed by atoms with Gasteiger partial charge in [-0.1, -0.05) is 40.9 Å². The van der Waals surface area contributed by atoms with Crippen LogP contribution < -0.4 is 5.32 Å². The molecule has 0 unspecified atom stereocenters. The number of carbonyl (C=O) groups is 2. The molecule has 0 aliphatic carbocycles. The molecule has 0 aliphatic heterocycles. The molecule has 1 aromatic heterocycles. The van der Waals surface area contributed by atoms with Gasteiger partial charge in [0.15, 0.2) is 0 Å². The second-order valence-corrected chi connectivity index (χ2v) is 9.22. The summed E-state index contributed by atoms with van der Waals surface area (Å²) < 4.78 is 1.75. The van der Waals surface area contributed by atoms with Crippen molar-refractivity contribution < 1.29 is 9.59 Å².